The van der Waals surface area contributed by atoms with Gasteiger partial charge in [-0.3, -0.25) is 0 Å². The van der Waals surface area contributed by atoms with Crippen LogP contribution < -0.4 is 34.3 Å². The van der Waals surface area contributed by atoms with E-state index in [4.69, 9.17) is 23.2 Å². The van der Waals surface area contributed by atoms with Gasteiger partial charge in [0.15, 0.2) is 0 Å². The zero-order chi connectivity index (χ0) is 12.6. The molecule has 0 aliphatic carbocycles. The van der Waals surface area contributed by atoms with Crippen LogP contribution in [-0.4, -0.2) is 12.3 Å². The Labute approximate surface area is 127 Å². The van der Waals surface area contributed by atoms with Gasteiger partial charge >= 0.3 is 41.8 Å². The average Bonchev–Trinajstić information content (AvgIpc) is 2.09. The second-order valence-corrected chi connectivity index (χ2v) is 3.53. The molecule has 0 N–H and O–H groups in total. The van der Waals surface area contributed by atoms with Gasteiger partial charge in [0, 0.05) is 11.1 Å². The Morgan fingerprint density at radius 2 is 1.59 bits per heavy atom. The van der Waals surface area contributed by atoms with Gasteiger partial charge in [0.1, 0.15) is 5.75 Å². The Hall–Kier alpha value is 0.250. The van der Waals surface area contributed by atoms with E-state index in [2.05, 4.69) is 4.74 Å². The van der Waals surface area contributed by atoms with Crippen LogP contribution in [0.3, 0.4) is 0 Å². The fraction of sp³-hybridized carbons (Fsp3) is 0.250. The SMILES string of the molecule is FC(F)(F)C(F)(F)Oc1cc(Cl)ccc1Cl.[H-].[Na+]. The topological polar surface area (TPSA) is 9.23 Å². The standard InChI is InChI=1S/C8H3Cl2F5O.Na.H/c9-4-1-2-5(10)6(3-4)16-8(14,15)7(11,12)13;;/h1-3H;;/q;+1;-1. The van der Waals surface area contributed by atoms with Crippen molar-refractivity contribution in [3.05, 3.63) is 28.2 Å². The molecule has 0 aliphatic rings. The van der Waals surface area contributed by atoms with E-state index in [0.29, 0.717) is 0 Å². The largest absolute Gasteiger partial charge is 1.00 e. The van der Waals surface area contributed by atoms with Gasteiger partial charge in [-0.15, -0.1) is 0 Å². The van der Waals surface area contributed by atoms with Gasteiger partial charge in [-0.2, -0.15) is 22.0 Å². The van der Waals surface area contributed by atoms with Crippen LogP contribution in [0, 0.1) is 0 Å². The summed E-state index contributed by atoms with van der Waals surface area (Å²) in [4.78, 5) is 0. The minimum atomic E-state index is -5.82. The normalized spacial score (nSPS) is 11.9. The third-order valence-corrected chi connectivity index (χ3v) is 2.01. The van der Waals surface area contributed by atoms with Crippen molar-refractivity contribution in [1.29, 1.82) is 0 Å². The molecule has 0 saturated carbocycles. The van der Waals surface area contributed by atoms with Crippen molar-refractivity contribution in [2.75, 3.05) is 0 Å². The maximum atomic E-state index is 12.5. The number of rotatable bonds is 2. The first-order valence-electron chi connectivity index (χ1n) is 3.72. The summed E-state index contributed by atoms with van der Waals surface area (Å²) < 4.78 is 63.9. The first kappa shape index (κ1) is 17.2. The van der Waals surface area contributed by atoms with Gasteiger partial charge in [0.05, 0.1) is 5.02 Å². The van der Waals surface area contributed by atoms with E-state index in [0.717, 1.165) is 12.1 Å². The van der Waals surface area contributed by atoms with E-state index in [-0.39, 0.29) is 36.0 Å². The monoisotopic (exact) mass is 304 g/mol. The summed E-state index contributed by atoms with van der Waals surface area (Å²) in [6.07, 6.45) is -11.1. The van der Waals surface area contributed by atoms with Crippen LogP contribution in [0.1, 0.15) is 1.43 Å². The summed E-state index contributed by atoms with van der Waals surface area (Å²) >= 11 is 10.8. The molecule has 0 spiro atoms. The molecule has 1 aromatic rings. The van der Waals surface area contributed by atoms with Crippen molar-refractivity contribution in [2.24, 2.45) is 0 Å². The molecule has 0 saturated heterocycles. The van der Waals surface area contributed by atoms with E-state index in [9.17, 15) is 22.0 Å². The van der Waals surface area contributed by atoms with E-state index < -0.39 is 23.1 Å². The van der Waals surface area contributed by atoms with Crippen molar-refractivity contribution >= 4 is 23.2 Å². The molecule has 17 heavy (non-hydrogen) atoms. The van der Waals surface area contributed by atoms with Crippen molar-refractivity contribution in [3.8, 4) is 5.75 Å². The maximum Gasteiger partial charge on any atom is 1.00 e. The quantitative estimate of drug-likeness (QED) is 0.596. The smallest absolute Gasteiger partial charge is 1.00 e. The van der Waals surface area contributed by atoms with E-state index in [1.807, 2.05) is 0 Å². The van der Waals surface area contributed by atoms with Crippen molar-refractivity contribution < 1.29 is 57.7 Å². The molecule has 0 aromatic heterocycles. The molecule has 0 atom stereocenters. The van der Waals surface area contributed by atoms with Gasteiger partial charge < -0.3 is 6.16 Å². The first-order valence-corrected chi connectivity index (χ1v) is 4.48. The molecule has 0 unspecified atom stereocenters. The van der Waals surface area contributed by atoms with E-state index in [1.165, 1.54) is 6.07 Å². The number of benzene rings is 1. The van der Waals surface area contributed by atoms with Crippen LogP contribution in [-0.2, 0) is 0 Å². The fourth-order valence-corrected chi connectivity index (χ4v) is 1.07. The molecule has 0 amide bonds. The molecule has 0 aliphatic heterocycles. The molecule has 1 rings (SSSR count). The number of halogens is 7. The Bertz CT molecular complexity index is 402. The predicted molar refractivity (Wildman–Crippen MR) is 49.2 cm³/mol. The van der Waals surface area contributed by atoms with Crippen molar-refractivity contribution in [1.82, 2.24) is 0 Å². The van der Waals surface area contributed by atoms with Gasteiger partial charge in [0.2, 0.25) is 0 Å². The summed E-state index contributed by atoms with van der Waals surface area (Å²) in [5.74, 6) is -0.837. The molecule has 0 radical (unpaired) electrons. The molecule has 1 nitrogen and oxygen atoms in total. The van der Waals surface area contributed by atoms with Gasteiger partial charge in [-0.1, -0.05) is 23.2 Å². The van der Waals surface area contributed by atoms with Gasteiger partial charge in [-0.05, 0) is 12.1 Å². The maximum absolute atomic E-state index is 12.5. The van der Waals surface area contributed by atoms with E-state index in [1.54, 1.807) is 0 Å². The van der Waals surface area contributed by atoms with Crippen molar-refractivity contribution in [2.45, 2.75) is 12.3 Å². The van der Waals surface area contributed by atoms with Crippen LogP contribution in [0.4, 0.5) is 22.0 Å². The summed E-state index contributed by atoms with van der Waals surface area (Å²) in [5.41, 5.74) is 0. The van der Waals surface area contributed by atoms with Crippen LogP contribution in [0.15, 0.2) is 18.2 Å². The number of hydrogen-bond donors (Lipinski definition) is 0. The Kier molecular flexibility index (Phi) is 6.01. The van der Waals surface area contributed by atoms with Gasteiger partial charge in [0.25, 0.3) is 0 Å². The fourth-order valence-electron chi connectivity index (χ4n) is 0.751. The zero-order valence-electron chi connectivity index (χ0n) is 9.29. The Morgan fingerprint density at radius 3 is 2.06 bits per heavy atom. The third-order valence-electron chi connectivity index (χ3n) is 1.46. The molecule has 9 heteroatoms. The second-order valence-electron chi connectivity index (χ2n) is 2.69. The van der Waals surface area contributed by atoms with Crippen LogP contribution in [0.5, 0.6) is 5.75 Å². The van der Waals surface area contributed by atoms with Crippen LogP contribution >= 0.6 is 23.2 Å². The number of alkyl halides is 5. The number of ether oxygens (including phenoxy) is 1. The Balaban J connectivity index is 0. The molecule has 0 heterocycles. The zero-order valence-corrected chi connectivity index (χ0v) is 11.8. The summed E-state index contributed by atoms with van der Waals surface area (Å²) in [6, 6.07) is 3.04. The molecule has 1 aromatic carbocycles. The molecule has 92 valence electrons. The van der Waals surface area contributed by atoms with Crippen LogP contribution in [0.25, 0.3) is 0 Å². The van der Waals surface area contributed by atoms with E-state index >= 15 is 0 Å². The summed E-state index contributed by atoms with van der Waals surface area (Å²) in [7, 11) is 0. The Morgan fingerprint density at radius 1 is 1.06 bits per heavy atom. The predicted octanol–water partition coefficient (Wildman–Crippen LogP) is 1.64. The minimum absolute atomic E-state index is 0. The average molecular weight is 305 g/mol. The minimum Gasteiger partial charge on any atom is -1.00 e. The molecular weight excluding hydrogens is 301 g/mol. The molecule has 0 fully saturated rings. The molecule has 0 bridgehead atoms. The third kappa shape index (κ3) is 4.44. The van der Waals surface area contributed by atoms with Gasteiger partial charge in [-0.25, -0.2) is 0 Å². The van der Waals surface area contributed by atoms with Crippen molar-refractivity contribution in [3.63, 3.8) is 0 Å². The summed E-state index contributed by atoms with van der Waals surface area (Å²) in [6.45, 7) is 0. The van der Waals surface area contributed by atoms with Crippen LogP contribution in [0.2, 0.25) is 10.0 Å². The molecular formula is C8H4Cl2F5NaO. The first-order chi connectivity index (χ1) is 7.13. The summed E-state index contributed by atoms with van der Waals surface area (Å²) in [5, 5.41) is -0.467. The number of hydrogen-bond acceptors (Lipinski definition) is 1. The second kappa shape index (κ2) is 5.93.